The van der Waals surface area contributed by atoms with Crippen molar-refractivity contribution in [1.82, 2.24) is 4.90 Å². The molecule has 2 aromatic rings. The molecule has 1 heterocycles. The Kier molecular flexibility index (Phi) is 6.60. The smallest absolute Gasteiger partial charge is 0.261 e. The van der Waals surface area contributed by atoms with Crippen molar-refractivity contribution in [2.45, 2.75) is 11.8 Å². The molecule has 2 aromatic carbocycles. The third kappa shape index (κ3) is 4.99. The van der Waals surface area contributed by atoms with Crippen LogP contribution in [-0.4, -0.2) is 59.2 Å². The van der Waals surface area contributed by atoms with Crippen LogP contribution in [0.15, 0.2) is 47.4 Å². The van der Waals surface area contributed by atoms with Crippen molar-refractivity contribution in [2.75, 3.05) is 44.7 Å². The summed E-state index contributed by atoms with van der Waals surface area (Å²) in [6.45, 7) is 4.19. The van der Waals surface area contributed by atoms with Crippen molar-refractivity contribution in [3.8, 4) is 11.5 Å². The van der Waals surface area contributed by atoms with Gasteiger partial charge in [0, 0.05) is 18.8 Å². The minimum Gasteiger partial charge on any atom is -0.496 e. The molecule has 9 heteroatoms. The van der Waals surface area contributed by atoms with Gasteiger partial charge in [0.2, 0.25) is 0 Å². The molecule has 0 unspecified atom stereocenters. The second kappa shape index (κ2) is 9.15. The highest BCUT2D eigenvalue weighted by Crippen LogP contribution is 2.26. The Hall–Kier alpha value is -2.78. The Morgan fingerprint density at radius 3 is 2.45 bits per heavy atom. The van der Waals surface area contributed by atoms with Crippen molar-refractivity contribution >= 4 is 21.6 Å². The molecule has 0 spiro atoms. The van der Waals surface area contributed by atoms with Crippen molar-refractivity contribution in [3.63, 3.8) is 0 Å². The predicted molar refractivity (Wildman–Crippen MR) is 108 cm³/mol. The van der Waals surface area contributed by atoms with E-state index >= 15 is 0 Å². The minimum absolute atomic E-state index is 0.0243. The van der Waals surface area contributed by atoms with Crippen LogP contribution in [-0.2, 0) is 14.8 Å². The van der Waals surface area contributed by atoms with E-state index in [4.69, 9.17) is 14.2 Å². The number of hydrogen-bond donors (Lipinski definition) is 1. The minimum atomic E-state index is -3.89. The topological polar surface area (TPSA) is 94.2 Å². The highest BCUT2D eigenvalue weighted by atomic mass is 32.2. The molecular weight excluding hydrogens is 396 g/mol. The summed E-state index contributed by atoms with van der Waals surface area (Å²) < 4.78 is 44.1. The first-order valence-corrected chi connectivity index (χ1v) is 10.7. The number of ether oxygens (including phenoxy) is 3. The van der Waals surface area contributed by atoms with E-state index in [-0.39, 0.29) is 16.4 Å². The van der Waals surface area contributed by atoms with Crippen LogP contribution in [0, 0.1) is 0 Å². The largest absolute Gasteiger partial charge is 0.496 e. The van der Waals surface area contributed by atoms with Gasteiger partial charge in [0.15, 0.2) is 0 Å². The molecule has 1 amide bonds. The van der Waals surface area contributed by atoms with Crippen LogP contribution < -0.4 is 14.2 Å². The quantitative estimate of drug-likeness (QED) is 0.739. The van der Waals surface area contributed by atoms with Crippen LogP contribution in [0.1, 0.15) is 17.3 Å². The van der Waals surface area contributed by atoms with Gasteiger partial charge in [-0.15, -0.1) is 0 Å². The number of amides is 1. The molecule has 156 valence electrons. The fraction of sp³-hybridized carbons (Fsp3) is 0.350. The van der Waals surface area contributed by atoms with E-state index in [1.807, 2.05) is 6.92 Å². The molecule has 0 atom stereocenters. The zero-order valence-corrected chi connectivity index (χ0v) is 17.2. The van der Waals surface area contributed by atoms with Gasteiger partial charge in [-0.25, -0.2) is 8.42 Å². The molecule has 0 aromatic heterocycles. The Bertz CT molecular complexity index is 953. The fourth-order valence-corrected chi connectivity index (χ4v) is 4.04. The number of sulfonamides is 1. The van der Waals surface area contributed by atoms with Crippen LogP contribution in [0.5, 0.6) is 11.5 Å². The van der Waals surface area contributed by atoms with E-state index < -0.39 is 10.0 Å². The van der Waals surface area contributed by atoms with Gasteiger partial charge < -0.3 is 19.1 Å². The van der Waals surface area contributed by atoms with E-state index in [0.29, 0.717) is 50.1 Å². The molecule has 1 aliphatic rings. The van der Waals surface area contributed by atoms with Crippen molar-refractivity contribution in [1.29, 1.82) is 0 Å². The van der Waals surface area contributed by atoms with E-state index in [1.54, 1.807) is 29.2 Å². The van der Waals surface area contributed by atoms with Gasteiger partial charge in [0.1, 0.15) is 11.5 Å². The van der Waals surface area contributed by atoms with Crippen molar-refractivity contribution in [2.24, 2.45) is 0 Å². The number of carbonyl (C=O) groups is 1. The SMILES string of the molecule is CCOc1ccc(NS(=O)(=O)c2ccc(OC)c(C(=O)N3CCOCC3)c2)cc1. The third-order valence-corrected chi connectivity index (χ3v) is 5.81. The number of morpholine rings is 1. The first-order chi connectivity index (χ1) is 13.9. The standard InChI is InChI=1S/C20H24N2O6S/c1-3-28-16-6-4-15(5-7-16)21-29(24,25)17-8-9-19(26-2)18(14-17)20(23)22-10-12-27-13-11-22/h4-9,14,21H,3,10-13H2,1-2H3. The van der Waals surface area contributed by atoms with Crippen LogP contribution in [0.3, 0.4) is 0 Å². The number of benzene rings is 2. The molecule has 3 rings (SSSR count). The summed E-state index contributed by atoms with van der Waals surface area (Å²) in [6.07, 6.45) is 0. The fourth-order valence-electron chi connectivity index (χ4n) is 2.96. The number of nitrogens with one attached hydrogen (secondary N) is 1. The molecule has 29 heavy (non-hydrogen) atoms. The summed E-state index contributed by atoms with van der Waals surface area (Å²) in [5.74, 6) is 0.683. The average Bonchev–Trinajstić information content (AvgIpc) is 2.74. The third-order valence-electron chi connectivity index (χ3n) is 4.43. The number of nitrogens with zero attached hydrogens (tertiary/aromatic N) is 1. The van der Waals surface area contributed by atoms with Gasteiger partial charge in [-0.2, -0.15) is 0 Å². The summed E-state index contributed by atoms with van der Waals surface area (Å²) in [7, 11) is -2.45. The lowest BCUT2D eigenvalue weighted by molar-refractivity contribution is 0.0300. The predicted octanol–water partition coefficient (Wildman–Crippen LogP) is 2.37. The highest BCUT2D eigenvalue weighted by molar-refractivity contribution is 7.92. The average molecular weight is 420 g/mol. The van der Waals surface area contributed by atoms with Crippen LogP contribution >= 0.6 is 0 Å². The molecule has 1 saturated heterocycles. The molecule has 8 nitrogen and oxygen atoms in total. The normalized spacial score (nSPS) is 14.3. The van der Waals surface area contributed by atoms with Gasteiger partial charge in [-0.05, 0) is 49.4 Å². The molecular formula is C20H24N2O6S. The van der Waals surface area contributed by atoms with Crippen LogP contribution in [0.2, 0.25) is 0 Å². The number of rotatable bonds is 7. The Morgan fingerprint density at radius 1 is 1.14 bits per heavy atom. The molecule has 0 radical (unpaired) electrons. The molecule has 1 fully saturated rings. The second-order valence-electron chi connectivity index (χ2n) is 6.33. The van der Waals surface area contributed by atoms with Gasteiger partial charge >= 0.3 is 0 Å². The first kappa shape index (κ1) is 20.9. The highest BCUT2D eigenvalue weighted by Gasteiger charge is 2.24. The lowest BCUT2D eigenvalue weighted by Crippen LogP contribution is -2.40. The molecule has 0 aliphatic carbocycles. The molecule has 0 saturated carbocycles. The Morgan fingerprint density at radius 2 is 1.83 bits per heavy atom. The van der Waals surface area contributed by atoms with Gasteiger partial charge in [-0.3, -0.25) is 9.52 Å². The van der Waals surface area contributed by atoms with Crippen molar-refractivity contribution < 1.29 is 27.4 Å². The first-order valence-electron chi connectivity index (χ1n) is 9.25. The number of anilines is 1. The summed E-state index contributed by atoms with van der Waals surface area (Å²) in [5, 5.41) is 0. The van der Waals surface area contributed by atoms with E-state index in [1.165, 1.54) is 25.3 Å². The maximum absolute atomic E-state index is 12.9. The van der Waals surface area contributed by atoms with E-state index in [9.17, 15) is 13.2 Å². The maximum atomic E-state index is 12.9. The van der Waals surface area contributed by atoms with E-state index in [2.05, 4.69) is 4.72 Å². The monoisotopic (exact) mass is 420 g/mol. The second-order valence-corrected chi connectivity index (χ2v) is 8.01. The van der Waals surface area contributed by atoms with Gasteiger partial charge in [0.05, 0.1) is 37.4 Å². The summed E-state index contributed by atoms with van der Waals surface area (Å²) in [4.78, 5) is 14.5. The van der Waals surface area contributed by atoms with Crippen molar-refractivity contribution in [3.05, 3.63) is 48.0 Å². The summed E-state index contributed by atoms with van der Waals surface area (Å²) >= 11 is 0. The lowest BCUT2D eigenvalue weighted by atomic mass is 10.1. The number of carbonyl (C=O) groups excluding carboxylic acids is 1. The molecule has 1 aliphatic heterocycles. The summed E-state index contributed by atoms with van der Waals surface area (Å²) in [6, 6.07) is 10.8. The van der Waals surface area contributed by atoms with Crippen LogP contribution in [0.25, 0.3) is 0 Å². The number of hydrogen-bond acceptors (Lipinski definition) is 6. The number of methoxy groups -OCH3 is 1. The zero-order valence-electron chi connectivity index (χ0n) is 16.4. The van der Waals surface area contributed by atoms with Gasteiger partial charge in [0.25, 0.3) is 15.9 Å². The van der Waals surface area contributed by atoms with Crippen LogP contribution in [0.4, 0.5) is 5.69 Å². The van der Waals surface area contributed by atoms with Gasteiger partial charge in [-0.1, -0.05) is 0 Å². The molecule has 0 bridgehead atoms. The zero-order chi connectivity index (χ0) is 20.9. The summed E-state index contributed by atoms with van der Waals surface area (Å²) in [5.41, 5.74) is 0.592. The van der Waals surface area contributed by atoms with E-state index in [0.717, 1.165) is 0 Å². The Balaban J connectivity index is 1.85. The lowest BCUT2D eigenvalue weighted by Gasteiger charge is -2.27. The maximum Gasteiger partial charge on any atom is 0.261 e. The molecule has 1 N–H and O–H groups in total. The Labute approximate surface area is 170 Å².